The zero-order valence-electron chi connectivity index (χ0n) is 2.32. The molecule has 0 aromatic carbocycles. The van der Waals surface area contributed by atoms with Crippen LogP contribution in [0.2, 0.25) is 0 Å². The van der Waals surface area contributed by atoms with E-state index < -0.39 is 0 Å². The van der Waals surface area contributed by atoms with Gasteiger partial charge in [0, 0.05) is 38.2 Å². The summed E-state index contributed by atoms with van der Waals surface area (Å²) in [5.41, 5.74) is 0. The quantitative estimate of drug-likeness (QED) is 0.366. The van der Waals surface area contributed by atoms with E-state index in [-0.39, 0.29) is 89.4 Å². The van der Waals surface area contributed by atoms with Crippen LogP contribution in [0.1, 0.15) is 0 Å². The predicted molar refractivity (Wildman–Crippen MR) is 30.7 cm³/mol. The van der Waals surface area contributed by atoms with E-state index >= 15 is 0 Å². The molecule has 0 aliphatic carbocycles. The second-order valence-electron chi connectivity index (χ2n) is 0. The van der Waals surface area contributed by atoms with E-state index in [9.17, 15) is 0 Å². The Morgan fingerprint density at radius 3 is 0.571 bits per heavy atom. The van der Waals surface area contributed by atoms with Crippen molar-refractivity contribution in [2.45, 2.75) is 0 Å². The summed E-state index contributed by atoms with van der Waals surface area (Å²) < 4.78 is 0. The summed E-state index contributed by atoms with van der Waals surface area (Å²) in [6.45, 7) is 0. The first-order valence-corrected chi connectivity index (χ1v) is 0. The Labute approximate surface area is 88.6 Å². The van der Waals surface area contributed by atoms with Crippen molar-refractivity contribution in [2.24, 2.45) is 0 Å². The van der Waals surface area contributed by atoms with E-state index in [1.54, 1.807) is 0 Å². The number of rotatable bonds is 0. The Balaban J connectivity index is 0. The minimum absolute atomic E-state index is 0. The molecule has 0 fully saturated rings. The first-order chi connectivity index (χ1) is 0. The molecule has 3 nitrogen and oxygen atoms in total. The van der Waals surface area contributed by atoms with Gasteiger partial charge in [0.25, 0.3) is 0 Å². The molecule has 0 saturated heterocycles. The topological polar surface area (TPSA) is 94.5 Å². The van der Waals surface area contributed by atoms with E-state index in [0.29, 0.717) is 0 Å². The molecule has 0 bridgehead atoms. The third-order valence-electron chi connectivity index (χ3n) is 0. The average molecular weight is 221 g/mol. The third kappa shape index (κ3) is 66.6. The second kappa shape index (κ2) is 90.0. The first-order valence-electron chi connectivity index (χ1n) is 0. The van der Waals surface area contributed by atoms with Crippen LogP contribution in [0.3, 0.4) is 0 Å². The van der Waals surface area contributed by atoms with Crippen LogP contribution in [-0.2, 0) is 38.2 Å². The molecule has 0 aliphatic heterocycles. The van der Waals surface area contributed by atoms with Crippen molar-refractivity contribution in [1.82, 2.24) is 0 Å². The summed E-state index contributed by atoms with van der Waals surface area (Å²) in [5, 5.41) is 0. The number of hydrogen-bond acceptors (Lipinski definition) is 0. The second-order valence-corrected chi connectivity index (χ2v) is 0. The summed E-state index contributed by atoms with van der Waals surface area (Å²) in [5.74, 6) is 0. The fourth-order valence-electron chi connectivity index (χ4n) is 0. The van der Waals surface area contributed by atoms with Crippen molar-refractivity contribution in [1.29, 1.82) is 0 Å². The maximum atomic E-state index is 0. The summed E-state index contributed by atoms with van der Waals surface area (Å²) in [6.07, 6.45) is 0. The van der Waals surface area contributed by atoms with Gasteiger partial charge in [-0.15, -0.1) is 0 Å². The molecule has 0 aromatic heterocycles. The summed E-state index contributed by atoms with van der Waals surface area (Å²) in [4.78, 5) is 0. The smallest absolute Gasteiger partial charge is 0.187 e. The van der Waals surface area contributed by atoms with Crippen molar-refractivity contribution in [2.75, 3.05) is 0 Å². The fraction of sp³-hybridized carbons (Fsp3) is 0. The van der Waals surface area contributed by atoms with Gasteiger partial charge in [-0.05, 0) is 0 Å². The molecule has 0 spiro atoms. The summed E-state index contributed by atoms with van der Waals surface area (Å²) >= 11 is 0. The molecule has 0 amide bonds. The Hall–Kier alpha value is 2.15. The SMILES string of the molecule is O.O.O.[AlH3].[AlH3].[Ni].[Ti]. The van der Waals surface area contributed by atoms with Crippen molar-refractivity contribution >= 4 is 34.7 Å². The van der Waals surface area contributed by atoms with Gasteiger partial charge in [0.2, 0.25) is 0 Å². The molecule has 0 aliphatic rings. The van der Waals surface area contributed by atoms with Crippen LogP contribution in [0, 0.1) is 0 Å². The van der Waals surface area contributed by atoms with Crippen LogP contribution in [0.25, 0.3) is 0 Å². The van der Waals surface area contributed by atoms with Crippen molar-refractivity contribution in [3.05, 3.63) is 0 Å². The minimum Gasteiger partial charge on any atom is -0.412 e. The molecule has 0 aromatic rings. The van der Waals surface area contributed by atoms with Crippen molar-refractivity contribution in [3.8, 4) is 0 Å². The van der Waals surface area contributed by atoms with Gasteiger partial charge in [0.1, 0.15) is 0 Å². The van der Waals surface area contributed by atoms with E-state index in [2.05, 4.69) is 0 Å². The third-order valence-corrected chi connectivity index (χ3v) is 0. The Morgan fingerprint density at radius 2 is 0.571 bits per heavy atom. The zero-order valence-corrected chi connectivity index (χ0v) is 4.87. The normalized spacial score (nSPS) is 0. The molecule has 7 heavy (non-hydrogen) atoms. The molecule has 0 heterocycles. The fourth-order valence-corrected chi connectivity index (χ4v) is 0. The van der Waals surface area contributed by atoms with Gasteiger partial charge in [0.05, 0.1) is 0 Å². The maximum absolute atomic E-state index is 0. The van der Waals surface area contributed by atoms with Crippen LogP contribution in [0.5, 0.6) is 0 Å². The molecule has 7 heteroatoms. The average Bonchev–Trinajstić information content (AvgIpc) is 0. The van der Waals surface area contributed by atoms with Crippen LogP contribution < -0.4 is 0 Å². The molecule has 0 atom stereocenters. The van der Waals surface area contributed by atoms with Gasteiger partial charge >= 0.3 is 0 Å². The zero-order chi connectivity index (χ0) is 0. The van der Waals surface area contributed by atoms with Crippen molar-refractivity contribution < 1.29 is 54.6 Å². The van der Waals surface area contributed by atoms with Gasteiger partial charge in [-0.25, -0.2) is 0 Å². The Bertz CT molecular complexity index is 12.9. The van der Waals surface area contributed by atoms with Gasteiger partial charge in [0.15, 0.2) is 34.7 Å². The van der Waals surface area contributed by atoms with Gasteiger partial charge in [-0.2, -0.15) is 0 Å². The Kier molecular flexibility index (Phi) is 1690. The van der Waals surface area contributed by atoms with Crippen LogP contribution in [0.15, 0.2) is 0 Å². The van der Waals surface area contributed by atoms with E-state index in [1.807, 2.05) is 0 Å². The van der Waals surface area contributed by atoms with Gasteiger partial charge < -0.3 is 16.4 Å². The molecular weight excluding hydrogens is 209 g/mol. The van der Waals surface area contributed by atoms with Crippen LogP contribution in [-0.4, -0.2) is 51.2 Å². The molecular formula is H12Al2NiO3Ti. The number of hydrogen-bond donors (Lipinski definition) is 0. The van der Waals surface area contributed by atoms with Crippen LogP contribution in [0.4, 0.5) is 0 Å². The largest absolute Gasteiger partial charge is 0.412 e. The molecule has 6 N–H and O–H groups in total. The summed E-state index contributed by atoms with van der Waals surface area (Å²) in [6, 6.07) is 0. The molecule has 0 rings (SSSR count). The maximum Gasteiger partial charge on any atom is 0.187 e. The molecule has 0 radical (unpaired) electrons. The monoisotopic (exact) mass is 220 g/mol. The van der Waals surface area contributed by atoms with Gasteiger partial charge in [-0.3, -0.25) is 0 Å². The standard InChI is InChI=1S/2Al.Ni.3H2O.Ti.6H/h;;;3*1H2;;;;;;;. The Morgan fingerprint density at radius 1 is 0.571 bits per heavy atom. The van der Waals surface area contributed by atoms with E-state index in [4.69, 9.17) is 0 Å². The van der Waals surface area contributed by atoms with Crippen LogP contribution >= 0.6 is 0 Å². The van der Waals surface area contributed by atoms with E-state index in [1.165, 1.54) is 0 Å². The minimum atomic E-state index is 0. The predicted octanol–water partition coefficient (Wildman–Crippen LogP) is -4.85. The summed E-state index contributed by atoms with van der Waals surface area (Å²) in [7, 11) is 0. The molecule has 50 valence electrons. The molecule has 0 saturated carbocycles. The molecule has 0 unspecified atom stereocenters. The van der Waals surface area contributed by atoms with Crippen molar-refractivity contribution in [3.63, 3.8) is 0 Å². The first kappa shape index (κ1) is 131. The van der Waals surface area contributed by atoms with Gasteiger partial charge in [-0.1, -0.05) is 0 Å². The van der Waals surface area contributed by atoms with E-state index in [0.717, 1.165) is 0 Å².